The number of hydrogen-bond donors (Lipinski definition) is 1. The molecule has 1 N–H and O–H groups in total. The van der Waals surface area contributed by atoms with E-state index in [0.717, 1.165) is 27.1 Å². The largest absolute Gasteiger partial charge is 0.456 e. The van der Waals surface area contributed by atoms with Gasteiger partial charge in [0.2, 0.25) is 0 Å². The van der Waals surface area contributed by atoms with Gasteiger partial charge in [-0.15, -0.1) is 0 Å². The highest BCUT2D eigenvalue weighted by atomic mass is 79.9. The first-order valence-corrected chi connectivity index (χ1v) is 6.58. The molecule has 0 saturated heterocycles. The van der Waals surface area contributed by atoms with Crippen molar-refractivity contribution in [3.8, 4) is 11.5 Å². The fraction of sp³-hybridized carbons (Fsp3) is 0.200. The standard InChI is InChI=1S/C15H15BrO2/c1-10-5-3-4-6-14(10)18-15-8-7-12(11(2)17)9-13(15)16/h3-9,11,17H,1-2H3/t11-/m1/s1. The van der Waals surface area contributed by atoms with Crippen molar-refractivity contribution in [2.45, 2.75) is 20.0 Å². The van der Waals surface area contributed by atoms with Gasteiger partial charge in [-0.3, -0.25) is 0 Å². The van der Waals surface area contributed by atoms with Crippen LogP contribution in [0.3, 0.4) is 0 Å². The molecular weight excluding hydrogens is 292 g/mol. The molecule has 0 amide bonds. The van der Waals surface area contributed by atoms with Crippen molar-refractivity contribution in [3.63, 3.8) is 0 Å². The fourth-order valence-corrected chi connectivity index (χ4v) is 2.13. The van der Waals surface area contributed by atoms with Gasteiger partial charge in [-0.1, -0.05) is 24.3 Å². The van der Waals surface area contributed by atoms with Crippen molar-refractivity contribution in [2.75, 3.05) is 0 Å². The number of aliphatic hydroxyl groups is 1. The minimum Gasteiger partial charge on any atom is -0.456 e. The first-order valence-electron chi connectivity index (χ1n) is 5.79. The fourth-order valence-electron chi connectivity index (χ4n) is 1.65. The zero-order valence-electron chi connectivity index (χ0n) is 10.4. The molecule has 0 radical (unpaired) electrons. The van der Waals surface area contributed by atoms with Gasteiger partial charge in [0, 0.05) is 0 Å². The smallest absolute Gasteiger partial charge is 0.141 e. The zero-order valence-corrected chi connectivity index (χ0v) is 11.9. The molecule has 2 aromatic carbocycles. The third-order valence-corrected chi connectivity index (χ3v) is 3.37. The average Bonchev–Trinajstić information content (AvgIpc) is 2.34. The summed E-state index contributed by atoms with van der Waals surface area (Å²) < 4.78 is 6.68. The number of hydrogen-bond acceptors (Lipinski definition) is 2. The molecule has 0 spiro atoms. The number of halogens is 1. The Morgan fingerprint density at radius 3 is 2.44 bits per heavy atom. The van der Waals surface area contributed by atoms with Gasteiger partial charge in [0.1, 0.15) is 11.5 Å². The van der Waals surface area contributed by atoms with Gasteiger partial charge in [-0.05, 0) is 59.1 Å². The van der Waals surface area contributed by atoms with Crippen LogP contribution < -0.4 is 4.74 Å². The summed E-state index contributed by atoms with van der Waals surface area (Å²) in [5, 5.41) is 9.51. The number of ether oxygens (including phenoxy) is 1. The molecule has 0 bridgehead atoms. The lowest BCUT2D eigenvalue weighted by Gasteiger charge is -2.12. The molecule has 2 aromatic rings. The van der Waals surface area contributed by atoms with E-state index in [0.29, 0.717) is 0 Å². The molecule has 0 aliphatic carbocycles. The zero-order chi connectivity index (χ0) is 13.1. The van der Waals surface area contributed by atoms with Crippen LogP contribution in [0.2, 0.25) is 0 Å². The van der Waals surface area contributed by atoms with Crippen LogP contribution in [0.25, 0.3) is 0 Å². The van der Waals surface area contributed by atoms with Crippen LogP contribution in [0, 0.1) is 6.92 Å². The molecule has 0 aromatic heterocycles. The number of benzene rings is 2. The summed E-state index contributed by atoms with van der Waals surface area (Å²) >= 11 is 3.46. The van der Waals surface area contributed by atoms with Gasteiger partial charge in [-0.25, -0.2) is 0 Å². The van der Waals surface area contributed by atoms with Crippen molar-refractivity contribution < 1.29 is 9.84 Å². The van der Waals surface area contributed by atoms with Crippen LogP contribution in [-0.2, 0) is 0 Å². The van der Waals surface area contributed by atoms with E-state index in [1.165, 1.54) is 0 Å². The van der Waals surface area contributed by atoms with Crippen LogP contribution in [0.1, 0.15) is 24.2 Å². The van der Waals surface area contributed by atoms with E-state index in [-0.39, 0.29) is 0 Å². The summed E-state index contributed by atoms with van der Waals surface area (Å²) in [5.41, 5.74) is 1.95. The van der Waals surface area contributed by atoms with Crippen LogP contribution in [0.4, 0.5) is 0 Å². The summed E-state index contributed by atoms with van der Waals surface area (Å²) in [6, 6.07) is 13.5. The van der Waals surface area contributed by atoms with E-state index >= 15 is 0 Å². The second kappa shape index (κ2) is 5.55. The molecule has 0 aliphatic rings. The second-order valence-electron chi connectivity index (χ2n) is 4.23. The third kappa shape index (κ3) is 2.92. The lowest BCUT2D eigenvalue weighted by atomic mass is 10.1. The van der Waals surface area contributed by atoms with Crippen LogP contribution in [0.5, 0.6) is 11.5 Å². The molecule has 94 valence electrons. The van der Waals surface area contributed by atoms with Crippen LogP contribution >= 0.6 is 15.9 Å². The van der Waals surface area contributed by atoms with Crippen LogP contribution in [0.15, 0.2) is 46.9 Å². The monoisotopic (exact) mass is 306 g/mol. The Hall–Kier alpha value is -1.32. The Morgan fingerprint density at radius 2 is 1.83 bits per heavy atom. The highest BCUT2D eigenvalue weighted by Crippen LogP contribution is 2.33. The highest BCUT2D eigenvalue weighted by molar-refractivity contribution is 9.10. The number of aryl methyl sites for hydroxylation is 1. The third-order valence-electron chi connectivity index (χ3n) is 2.75. The molecule has 0 unspecified atom stereocenters. The van der Waals surface area contributed by atoms with Gasteiger partial charge < -0.3 is 9.84 Å². The Morgan fingerprint density at radius 1 is 1.11 bits per heavy atom. The summed E-state index contributed by atoms with van der Waals surface area (Å²) in [5.74, 6) is 1.58. The van der Waals surface area contributed by atoms with Crippen LogP contribution in [-0.4, -0.2) is 5.11 Å². The summed E-state index contributed by atoms with van der Waals surface area (Å²) in [4.78, 5) is 0. The van der Waals surface area contributed by atoms with E-state index in [9.17, 15) is 5.11 Å². The van der Waals surface area contributed by atoms with E-state index in [1.54, 1.807) is 6.92 Å². The molecule has 2 nitrogen and oxygen atoms in total. The van der Waals surface area contributed by atoms with Gasteiger partial charge in [-0.2, -0.15) is 0 Å². The predicted octanol–water partition coefficient (Wildman–Crippen LogP) is 4.60. The first kappa shape index (κ1) is 13.1. The maximum atomic E-state index is 9.51. The van der Waals surface area contributed by atoms with Crippen molar-refractivity contribution in [1.29, 1.82) is 0 Å². The predicted molar refractivity (Wildman–Crippen MR) is 76.0 cm³/mol. The van der Waals surface area contributed by atoms with E-state index in [1.807, 2.05) is 49.4 Å². The van der Waals surface area contributed by atoms with Crippen molar-refractivity contribution in [3.05, 3.63) is 58.1 Å². The second-order valence-corrected chi connectivity index (χ2v) is 5.09. The van der Waals surface area contributed by atoms with Gasteiger partial charge >= 0.3 is 0 Å². The lowest BCUT2D eigenvalue weighted by molar-refractivity contribution is 0.199. The van der Waals surface area contributed by atoms with Gasteiger partial charge in [0.05, 0.1) is 10.6 Å². The molecule has 0 fully saturated rings. The van der Waals surface area contributed by atoms with E-state index < -0.39 is 6.10 Å². The molecule has 0 saturated carbocycles. The van der Waals surface area contributed by atoms with Crippen molar-refractivity contribution in [1.82, 2.24) is 0 Å². The Labute approximate surface area is 115 Å². The SMILES string of the molecule is Cc1ccccc1Oc1ccc([C@@H](C)O)cc1Br. The Bertz CT molecular complexity index is 550. The average molecular weight is 307 g/mol. The number of para-hydroxylation sites is 1. The minimum absolute atomic E-state index is 0.478. The maximum absolute atomic E-state index is 9.51. The lowest BCUT2D eigenvalue weighted by Crippen LogP contribution is -1.93. The summed E-state index contributed by atoms with van der Waals surface area (Å²) in [6.07, 6.45) is -0.478. The Kier molecular flexibility index (Phi) is 4.04. The quantitative estimate of drug-likeness (QED) is 0.897. The minimum atomic E-state index is -0.478. The molecule has 0 aliphatic heterocycles. The molecule has 2 rings (SSSR count). The molecule has 0 heterocycles. The highest BCUT2D eigenvalue weighted by Gasteiger charge is 2.08. The summed E-state index contributed by atoms with van der Waals surface area (Å²) in [6.45, 7) is 3.75. The Balaban J connectivity index is 2.28. The first-order chi connectivity index (χ1) is 8.58. The molecule has 18 heavy (non-hydrogen) atoms. The summed E-state index contributed by atoms with van der Waals surface area (Å²) in [7, 11) is 0. The maximum Gasteiger partial charge on any atom is 0.141 e. The van der Waals surface area contributed by atoms with Crippen molar-refractivity contribution >= 4 is 15.9 Å². The molecule has 1 atom stereocenters. The molecular formula is C15H15BrO2. The molecule has 3 heteroatoms. The number of aliphatic hydroxyl groups excluding tert-OH is 1. The topological polar surface area (TPSA) is 29.5 Å². The van der Waals surface area contributed by atoms with E-state index in [2.05, 4.69) is 15.9 Å². The van der Waals surface area contributed by atoms with Gasteiger partial charge in [0.25, 0.3) is 0 Å². The number of rotatable bonds is 3. The van der Waals surface area contributed by atoms with Crippen molar-refractivity contribution in [2.24, 2.45) is 0 Å². The van der Waals surface area contributed by atoms with Gasteiger partial charge in [0.15, 0.2) is 0 Å². The normalized spacial score (nSPS) is 12.2. The van der Waals surface area contributed by atoms with E-state index in [4.69, 9.17) is 4.74 Å².